The fraction of sp³-hybridized carbons (Fsp3) is 0.417. The minimum atomic E-state index is -0.600. The SMILES string of the molecule is COC(=O)c1cc(F)c(NC2COC2)c(N)c1C. The van der Waals surface area contributed by atoms with E-state index >= 15 is 0 Å². The second-order valence-electron chi connectivity index (χ2n) is 4.19. The molecule has 1 aliphatic heterocycles. The second kappa shape index (κ2) is 4.81. The largest absolute Gasteiger partial charge is 0.465 e. The minimum Gasteiger partial charge on any atom is -0.465 e. The quantitative estimate of drug-likeness (QED) is 0.628. The van der Waals surface area contributed by atoms with E-state index in [4.69, 9.17) is 10.5 Å². The van der Waals surface area contributed by atoms with Crippen LogP contribution in [0.15, 0.2) is 6.07 Å². The molecule has 1 aromatic rings. The monoisotopic (exact) mass is 254 g/mol. The number of hydrogen-bond donors (Lipinski definition) is 2. The highest BCUT2D eigenvalue weighted by molar-refractivity contribution is 5.94. The van der Waals surface area contributed by atoms with Gasteiger partial charge in [-0.3, -0.25) is 0 Å². The number of rotatable bonds is 3. The topological polar surface area (TPSA) is 73.6 Å². The van der Waals surface area contributed by atoms with E-state index < -0.39 is 11.8 Å². The van der Waals surface area contributed by atoms with Crippen LogP contribution < -0.4 is 11.1 Å². The summed E-state index contributed by atoms with van der Waals surface area (Å²) in [7, 11) is 1.24. The number of benzene rings is 1. The van der Waals surface area contributed by atoms with E-state index in [0.29, 0.717) is 18.8 Å². The number of anilines is 2. The van der Waals surface area contributed by atoms with Gasteiger partial charge in [-0.25, -0.2) is 9.18 Å². The molecule has 0 saturated carbocycles. The van der Waals surface area contributed by atoms with Crippen molar-refractivity contribution in [1.82, 2.24) is 0 Å². The third kappa shape index (κ3) is 2.11. The van der Waals surface area contributed by atoms with Crippen molar-refractivity contribution in [1.29, 1.82) is 0 Å². The lowest BCUT2D eigenvalue weighted by molar-refractivity contribution is 0.0210. The van der Waals surface area contributed by atoms with Crippen LogP contribution >= 0.6 is 0 Å². The number of ether oxygens (including phenoxy) is 2. The number of nitrogen functional groups attached to an aromatic ring is 1. The van der Waals surface area contributed by atoms with E-state index in [2.05, 4.69) is 10.1 Å². The molecule has 5 nitrogen and oxygen atoms in total. The number of nitrogens with one attached hydrogen (secondary N) is 1. The minimum absolute atomic E-state index is 0.0603. The standard InChI is InChI=1S/C12H15FN2O3/c1-6-8(12(16)17-2)3-9(13)11(10(6)14)15-7-4-18-5-7/h3,7,15H,4-5,14H2,1-2H3. The number of hydrogen-bond acceptors (Lipinski definition) is 5. The molecule has 1 aromatic carbocycles. The molecular formula is C12H15FN2O3. The van der Waals surface area contributed by atoms with Crippen LogP contribution in [0.5, 0.6) is 0 Å². The maximum atomic E-state index is 13.9. The zero-order valence-electron chi connectivity index (χ0n) is 10.2. The van der Waals surface area contributed by atoms with Gasteiger partial charge in [0.15, 0.2) is 0 Å². The van der Waals surface area contributed by atoms with Gasteiger partial charge in [0.05, 0.1) is 43.3 Å². The van der Waals surface area contributed by atoms with Crippen molar-refractivity contribution in [3.8, 4) is 0 Å². The van der Waals surface area contributed by atoms with Gasteiger partial charge in [-0.1, -0.05) is 0 Å². The van der Waals surface area contributed by atoms with Crippen LogP contribution in [0.3, 0.4) is 0 Å². The van der Waals surface area contributed by atoms with Crippen LogP contribution in [0.1, 0.15) is 15.9 Å². The van der Waals surface area contributed by atoms with Gasteiger partial charge in [-0.15, -0.1) is 0 Å². The summed E-state index contributed by atoms with van der Waals surface area (Å²) in [4.78, 5) is 11.5. The Hall–Kier alpha value is -1.82. The lowest BCUT2D eigenvalue weighted by atomic mass is 10.0. The Labute approximate surface area is 104 Å². The molecule has 1 aliphatic rings. The molecule has 0 bridgehead atoms. The molecule has 0 amide bonds. The van der Waals surface area contributed by atoms with Crippen molar-refractivity contribution in [3.05, 3.63) is 23.0 Å². The van der Waals surface area contributed by atoms with Crippen LogP contribution in [0.4, 0.5) is 15.8 Å². The molecule has 0 radical (unpaired) electrons. The number of carbonyl (C=O) groups is 1. The lowest BCUT2D eigenvalue weighted by Crippen LogP contribution is -2.40. The predicted molar refractivity (Wildman–Crippen MR) is 65.1 cm³/mol. The van der Waals surface area contributed by atoms with Gasteiger partial charge in [0.1, 0.15) is 5.82 Å². The summed E-state index contributed by atoms with van der Waals surface area (Å²) in [5.74, 6) is -1.16. The normalized spacial score (nSPS) is 15.1. The molecule has 1 heterocycles. The van der Waals surface area contributed by atoms with Crippen molar-refractivity contribution in [2.24, 2.45) is 0 Å². The van der Waals surface area contributed by atoms with Crippen LogP contribution in [0.2, 0.25) is 0 Å². The van der Waals surface area contributed by atoms with Crippen molar-refractivity contribution < 1.29 is 18.7 Å². The molecule has 0 aliphatic carbocycles. The summed E-state index contributed by atoms with van der Waals surface area (Å²) in [5.41, 5.74) is 6.94. The maximum absolute atomic E-state index is 13.9. The number of methoxy groups -OCH3 is 1. The molecule has 98 valence electrons. The van der Waals surface area contributed by atoms with Crippen LogP contribution in [0, 0.1) is 12.7 Å². The second-order valence-corrected chi connectivity index (χ2v) is 4.19. The molecule has 2 rings (SSSR count). The molecule has 0 unspecified atom stereocenters. The Balaban J connectivity index is 2.37. The van der Waals surface area contributed by atoms with Crippen molar-refractivity contribution in [2.75, 3.05) is 31.4 Å². The third-order valence-electron chi connectivity index (χ3n) is 2.98. The molecule has 3 N–H and O–H groups in total. The highest BCUT2D eigenvalue weighted by Gasteiger charge is 2.23. The first-order valence-electron chi connectivity index (χ1n) is 5.55. The van der Waals surface area contributed by atoms with E-state index in [9.17, 15) is 9.18 Å². The molecule has 0 spiro atoms. The van der Waals surface area contributed by atoms with E-state index in [-0.39, 0.29) is 23.0 Å². The van der Waals surface area contributed by atoms with Gasteiger partial charge in [0.2, 0.25) is 0 Å². The molecule has 0 atom stereocenters. The molecular weight excluding hydrogens is 239 g/mol. The average molecular weight is 254 g/mol. The van der Waals surface area contributed by atoms with Gasteiger partial charge in [0, 0.05) is 0 Å². The van der Waals surface area contributed by atoms with Crippen LogP contribution in [-0.4, -0.2) is 32.3 Å². The van der Waals surface area contributed by atoms with E-state index in [1.54, 1.807) is 6.92 Å². The zero-order valence-corrected chi connectivity index (χ0v) is 10.2. The van der Waals surface area contributed by atoms with E-state index in [1.807, 2.05) is 0 Å². The van der Waals surface area contributed by atoms with E-state index in [0.717, 1.165) is 6.07 Å². The van der Waals surface area contributed by atoms with Gasteiger partial charge in [0.25, 0.3) is 0 Å². The number of esters is 1. The smallest absolute Gasteiger partial charge is 0.338 e. The zero-order chi connectivity index (χ0) is 13.3. The van der Waals surface area contributed by atoms with Crippen LogP contribution in [0.25, 0.3) is 0 Å². The molecule has 1 saturated heterocycles. The Morgan fingerprint density at radius 2 is 2.28 bits per heavy atom. The summed E-state index contributed by atoms with van der Waals surface area (Å²) in [6.45, 7) is 2.71. The fourth-order valence-corrected chi connectivity index (χ4v) is 1.76. The van der Waals surface area contributed by atoms with Gasteiger partial charge in [-0.2, -0.15) is 0 Å². The van der Waals surface area contributed by atoms with Crippen molar-refractivity contribution >= 4 is 17.3 Å². The first kappa shape index (κ1) is 12.6. The van der Waals surface area contributed by atoms with Gasteiger partial charge in [-0.05, 0) is 18.6 Å². The Morgan fingerprint density at radius 3 is 2.78 bits per heavy atom. The Bertz CT molecular complexity index is 487. The molecule has 18 heavy (non-hydrogen) atoms. The fourth-order valence-electron chi connectivity index (χ4n) is 1.76. The molecule has 0 aromatic heterocycles. The van der Waals surface area contributed by atoms with Crippen molar-refractivity contribution in [2.45, 2.75) is 13.0 Å². The number of carbonyl (C=O) groups excluding carboxylic acids is 1. The highest BCUT2D eigenvalue weighted by atomic mass is 19.1. The van der Waals surface area contributed by atoms with Crippen LogP contribution in [-0.2, 0) is 9.47 Å². The number of nitrogens with two attached hydrogens (primary N) is 1. The maximum Gasteiger partial charge on any atom is 0.338 e. The number of halogens is 1. The molecule has 1 fully saturated rings. The Kier molecular flexibility index (Phi) is 3.38. The van der Waals surface area contributed by atoms with Gasteiger partial charge >= 0.3 is 5.97 Å². The predicted octanol–water partition coefficient (Wildman–Crippen LogP) is 1.31. The third-order valence-corrected chi connectivity index (χ3v) is 2.98. The Morgan fingerprint density at radius 1 is 1.61 bits per heavy atom. The summed E-state index contributed by atoms with van der Waals surface area (Å²) < 4.78 is 23.5. The first-order chi connectivity index (χ1) is 8.54. The van der Waals surface area contributed by atoms with Gasteiger partial charge < -0.3 is 20.5 Å². The first-order valence-corrected chi connectivity index (χ1v) is 5.55. The van der Waals surface area contributed by atoms with Crippen molar-refractivity contribution in [3.63, 3.8) is 0 Å². The summed E-state index contributed by atoms with van der Waals surface area (Å²) >= 11 is 0. The van der Waals surface area contributed by atoms with E-state index in [1.165, 1.54) is 7.11 Å². The average Bonchev–Trinajstić information content (AvgIpc) is 2.30. The lowest BCUT2D eigenvalue weighted by Gasteiger charge is -2.29. The summed E-state index contributed by atoms with van der Waals surface area (Å²) in [5, 5.41) is 2.96. The summed E-state index contributed by atoms with van der Waals surface area (Å²) in [6, 6.07) is 1.20. The molecule has 6 heteroatoms. The highest BCUT2D eigenvalue weighted by Crippen LogP contribution is 2.30. The summed E-state index contributed by atoms with van der Waals surface area (Å²) in [6.07, 6.45) is 0.